The van der Waals surface area contributed by atoms with Gasteiger partial charge in [-0.25, -0.2) is 10.2 Å². The molecule has 0 aliphatic heterocycles. The van der Waals surface area contributed by atoms with E-state index in [2.05, 4.69) is 10.5 Å². The Morgan fingerprint density at radius 2 is 1.70 bits per heavy atom. The SMILES string of the molecule is CCOc1cc(/C=N/NC(=O)COc2ccccc2Cl)ccc1OC(=O)c1ccc(Cl)cc1. The molecule has 0 unspecified atom stereocenters. The molecule has 7 nitrogen and oxygen atoms in total. The summed E-state index contributed by atoms with van der Waals surface area (Å²) < 4.78 is 16.4. The van der Waals surface area contributed by atoms with Crippen molar-refractivity contribution in [3.8, 4) is 17.2 Å². The van der Waals surface area contributed by atoms with E-state index in [0.29, 0.717) is 39.3 Å². The van der Waals surface area contributed by atoms with Crippen molar-refractivity contribution in [2.75, 3.05) is 13.2 Å². The third-order valence-corrected chi connectivity index (χ3v) is 4.71. The Bertz CT molecular complexity index is 1150. The molecule has 170 valence electrons. The van der Waals surface area contributed by atoms with Gasteiger partial charge in [0.05, 0.1) is 23.4 Å². The maximum Gasteiger partial charge on any atom is 0.343 e. The van der Waals surface area contributed by atoms with Gasteiger partial charge < -0.3 is 14.2 Å². The van der Waals surface area contributed by atoms with Crippen molar-refractivity contribution in [2.24, 2.45) is 5.10 Å². The average Bonchev–Trinajstić information content (AvgIpc) is 2.80. The van der Waals surface area contributed by atoms with E-state index in [1.807, 2.05) is 6.92 Å². The number of esters is 1. The molecule has 0 saturated heterocycles. The first-order valence-corrected chi connectivity index (χ1v) is 10.7. The Labute approximate surface area is 200 Å². The predicted molar refractivity (Wildman–Crippen MR) is 127 cm³/mol. The van der Waals surface area contributed by atoms with Crippen LogP contribution in [0.5, 0.6) is 17.2 Å². The van der Waals surface area contributed by atoms with Gasteiger partial charge in [-0.05, 0) is 67.1 Å². The van der Waals surface area contributed by atoms with E-state index < -0.39 is 11.9 Å². The summed E-state index contributed by atoms with van der Waals surface area (Å²) in [5, 5.41) is 4.84. The van der Waals surface area contributed by atoms with Crippen LogP contribution < -0.4 is 19.6 Å². The number of hydrazone groups is 1. The van der Waals surface area contributed by atoms with Gasteiger partial charge in [0.2, 0.25) is 0 Å². The van der Waals surface area contributed by atoms with Gasteiger partial charge >= 0.3 is 5.97 Å². The van der Waals surface area contributed by atoms with Crippen LogP contribution >= 0.6 is 23.2 Å². The average molecular weight is 487 g/mol. The quantitative estimate of drug-likeness (QED) is 0.196. The highest BCUT2D eigenvalue weighted by Crippen LogP contribution is 2.29. The fraction of sp³-hybridized carbons (Fsp3) is 0.125. The van der Waals surface area contributed by atoms with Crippen molar-refractivity contribution in [3.63, 3.8) is 0 Å². The minimum Gasteiger partial charge on any atom is -0.490 e. The van der Waals surface area contributed by atoms with Gasteiger partial charge in [0.25, 0.3) is 5.91 Å². The number of nitrogens with zero attached hydrogens (tertiary/aromatic N) is 1. The number of carbonyl (C=O) groups is 2. The second kappa shape index (κ2) is 11.9. The lowest BCUT2D eigenvalue weighted by Gasteiger charge is -2.11. The summed E-state index contributed by atoms with van der Waals surface area (Å²) in [7, 11) is 0. The van der Waals surface area contributed by atoms with E-state index in [1.165, 1.54) is 6.21 Å². The molecule has 0 saturated carbocycles. The van der Waals surface area contributed by atoms with Crippen molar-refractivity contribution < 1.29 is 23.8 Å². The van der Waals surface area contributed by atoms with E-state index in [4.69, 9.17) is 37.4 Å². The Morgan fingerprint density at radius 3 is 2.42 bits per heavy atom. The first-order chi connectivity index (χ1) is 16.0. The zero-order chi connectivity index (χ0) is 23.6. The number of para-hydroxylation sites is 1. The highest BCUT2D eigenvalue weighted by molar-refractivity contribution is 6.32. The van der Waals surface area contributed by atoms with Crippen LogP contribution in [-0.4, -0.2) is 31.3 Å². The maximum atomic E-state index is 12.4. The van der Waals surface area contributed by atoms with Gasteiger partial charge in [0, 0.05) is 5.02 Å². The molecule has 0 aliphatic carbocycles. The van der Waals surface area contributed by atoms with Crippen LogP contribution in [0.25, 0.3) is 0 Å². The van der Waals surface area contributed by atoms with E-state index in [-0.39, 0.29) is 12.4 Å². The molecule has 1 N–H and O–H groups in total. The molecule has 0 aliphatic rings. The number of amides is 1. The minimum atomic E-state index is -0.542. The summed E-state index contributed by atoms with van der Waals surface area (Å²) in [6.07, 6.45) is 1.43. The molecule has 9 heteroatoms. The lowest BCUT2D eigenvalue weighted by Crippen LogP contribution is -2.24. The molecule has 1 amide bonds. The highest BCUT2D eigenvalue weighted by Gasteiger charge is 2.13. The lowest BCUT2D eigenvalue weighted by molar-refractivity contribution is -0.123. The van der Waals surface area contributed by atoms with Crippen molar-refractivity contribution in [3.05, 3.63) is 87.9 Å². The summed E-state index contributed by atoms with van der Waals surface area (Å²) in [4.78, 5) is 24.3. The Morgan fingerprint density at radius 1 is 0.939 bits per heavy atom. The molecule has 0 heterocycles. The largest absolute Gasteiger partial charge is 0.490 e. The van der Waals surface area contributed by atoms with Crippen molar-refractivity contribution >= 4 is 41.3 Å². The van der Waals surface area contributed by atoms with Crippen LogP contribution in [0, 0.1) is 0 Å². The van der Waals surface area contributed by atoms with E-state index in [9.17, 15) is 9.59 Å². The fourth-order valence-corrected chi connectivity index (χ4v) is 2.93. The second-order valence-electron chi connectivity index (χ2n) is 6.55. The number of rotatable bonds is 9. The molecule has 0 atom stereocenters. The van der Waals surface area contributed by atoms with E-state index in [0.717, 1.165) is 0 Å². The summed E-state index contributed by atoms with van der Waals surface area (Å²) in [6, 6.07) is 18.1. The molecule has 0 spiro atoms. The summed E-state index contributed by atoms with van der Waals surface area (Å²) in [5.41, 5.74) is 3.35. The van der Waals surface area contributed by atoms with Gasteiger partial charge in [-0.1, -0.05) is 35.3 Å². The van der Waals surface area contributed by atoms with Crippen molar-refractivity contribution in [1.82, 2.24) is 5.43 Å². The van der Waals surface area contributed by atoms with Gasteiger partial charge in [0.1, 0.15) is 5.75 Å². The Balaban J connectivity index is 1.60. The monoisotopic (exact) mass is 486 g/mol. The molecular weight excluding hydrogens is 467 g/mol. The highest BCUT2D eigenvalue weighted by atomic mass is 35.5. The molecular formula is C24H20Cl2N2O5. The van der Waals surface area contributed by atoms with Gasteiger partial charge in [0.15, 0.2) is 18.1 Å². The summed E-state index contributed by atoms with van der Waals surface area (Å²) in [5.74, 6) is 0.0243. The van der Waals surface area contributed by atoms with Crippen molar-refractivity contribution in [2.45, 2.75) is 6.92 Å². The molecule has 3 aromatic rings. The van der Waals surface area contributed by atoms with Crippen LogP contribution in [0.15, 0.2) is 71.8 Å². The van der Waals surface area contributed by atoms with Gasteiger partial charge in [-0.2, -0.15) is 5.10 Å². The second-order valence-corrected chi connectivity index (χ2v) is 7.39. The smallest absolute Gasteiger partial charge is 0.343 e. The zero-order valence-electron chi connectivity index (χ0n) is 17.6. The standard InChI is InChI=1S/C24H20Cl2N2O5/c1-2-31-22-13-16(7-12-21(22)33-24(30)17-8-10-18(25)11-9-17)14-27-28-23(29)15-32-20-6-4-3-5-19(20)26/h3-14H,2,15H2,1H3,(H,28,29)/b27-14+. The van der Waals surface area contributed by atoms with Gasteiger partial charge in [-0.3, -0.25) is 4.79 Å². The number of carbonyl (C=O) groups excluding carboxylic acids is 2. The number of ether oxygens (including phenoxy) is 3. The zero-order valence-corrected chi connectivity index (χ0v) is 19.1. The van der Waals surface area contributed by atoms with Crippen molar-refractivity contribution in [1.29, 1.82) is 0 Å². The normalized spacial score (nSPS) is 10.6. The molecule has 3 aromatic carbocycles. The molecule has 33 heavy (non-hydrogen) atoms. The predicted octanol–water partition coefficient (Wildman–Crippen LogP) is 5.14. The third kappa shape index (κ3) is 7.24. The minimum absolute atomic E-state index is 0.245. The van der Waals surface area contributed by atoms with E-state index in [1.54, 1.807) is 66.7 Å². The molecule has 0 radical (unpaired) electrons. The number of hydrogen-bond donors (Lipinski definition) is 1. The molecule has 0 aromatic heterocycles. The number of hydrogen-bond acceptors (Lipinski definition) is 6. The topological polar surface area (TPSA) is 86.2 Å². The van der Waals surface area contributed by atoms with Gasteiger partial charge in [-0.15, -0.1) is 0 Å². The lowest BCUT2D eigenvalue weighted by atomic mass is 10.2. The molecule has 0 fully saturated rings. The van der Waals surface area contributed by atoms with Crippen LogP contribution in [-0.2, 0) is 4.79 Å². The maximum absolute atomic E-state index is 12.4. The fourth-order valence-electron chi connectivity index (χ4n) is 2.62. The van der Waals surface area contributed by atoms with Crippen LogP contribution in [0.1, 0.15) is 22.8 Å². The van der Waals surface area contributed by atoms with Crippen LogP contribution in [0.2, 0.25) is 10.0 Å². The Hall–Kier alpha value is -3.55. The number of nitrogens with one attached hydrogen (secondary N) is 1. The third-order valence-electron chi connectivity index (χ3n) is 4.15. The molecule has 3 rings (SSSR count). The first-order valence-electron chi connectivity index (χ1n) is 9.90. The van der Waals surface area contributed by atoms with Crippen LogP contribution in [0.3, 0.4) is 0 Å². The number of benzene rings is 3. The first kappa shape index (κ1) is 24.1. The van der Waals surface area contributed by atoms with E-state index >= 15 is 0 Å². The number of halogens is 2. The molecule has 0 bridgehead atoms. The summed E-state index contributed by atoms with van der Waals surface area (Å²) in [6.45, 7) is 1.93. The Kier molecular flexibility index (Phi) is 8.69. The van der Waals surface area contributed by atoms with Crippen LogP contribution in [0.4, 0.5) is 0 Å². The summed E-state index contributed by atoms with van der Waals surface area (Å²) >= 11 is 11.8.